The van der Waals surface area contributed by atoms with E-state index in [-0.39, 0.29) is 29.6 Å². The van der Waals surface area contributed by atoms with Gasteiger partial charge in [0.25, 0.3) is 0 Å². The van der Waals surface area contributed by atoms with Gasteiger partial charge in [-0.3, -0.25) is 19.2 Å². The van der Waals surface area contributed by atoms with Gasteiger partial charge in [-0.2, -0.15) is 0 Å². The fraction of sp³-hybridized carbons (Fsp3) is 0.414. The van der Waals surface area contributed by atoms with Crippen LogP contribution in [0.3, 0.4) is 0 Å². The van der Waals surface area contributed by atoms with Crippen molar-refractivity contribution in [2.75, 3.05) is 0 Å². The van der Waals surface area contributed by atoms with E-state index in [1.54, 1.807) is 39.0 Å². The summed E-state index contributed by atoms with van der Waals surface area (Å²) in [5, 5.41) is 0. The molecule has 188 valence electrons. The van der Waals surface area contributed by atoms with Crippen molar-refractivity contribution >= 4 is 29.1 Å². The second kappa shape index (κ2) is 13.5. The molecule has 0 saturated carbocycles. The van der Waals surface area contributed by atoms with Gasteiger partial charge in [0.2, 0.25) is 0 Å². The van der Waals surface area contributed by atoms with Crippen LogP contribution in [0.15, 0.2) is 48.5 Å². The molecule has 2 aromatic carbocycles. The molecule has 6 heteroatoms. The van der Waals surface area contributed by atoms with Crippen molar-refractivity contribution in [2.24, 2.45) is 5.92 Å². The number of aryl methyl sites for hydroxylation is 2. The highest BCUT2D eigenvalue weighted by atomic mass is 16.6. The topological polar surface area (TPSA) is 94.6 Å². The van der Waals surface area contributed by atoms with Gasteiger partial charge in [0.15, 0.2) is 11.6 Å². The highest BCUT2D eigenvalue weighted by Gasteiger charge is 2.31. The summed E-state index contributed by atoms with van der Waals surface area (Å²) in [4.78, 5) is 58.3. The average Bonchev–Trinajstić information content (AvgIpc) is 2.75. The third-order valence-electron chi connectivity index (χ3n) is 5.17. The number of ether oxygens (including phenoxy) is 1. The second-order valence-electron chi connectivity index (χ2n) is 9.58. The van der Waals surface area contributed by atoms with Crippen molar-refractivity contribution in [3.8, 4) is 0 Å². The molecule has 0 aromatic heterocycles. The molecular formula is C29H36O6. The molecule has 2 aromatic rings. The second-order valence-corrected chi connectivity index (χ2v) is 9.58. The van der Waals surface area contributed by atoms with Crippen LogP contribution in [0.2, 0.25) is 0 Å². The van der Waals surface area contributed by atoms with Gasteiger partial charge in [0.1, 0.15) is 23.1 Å². The average molecular weight is 481 g/mol. The van der Waals surface area contributed by atoms with E-state index in [1.165, 1.54) is 13.8 Å². The van der Waals surface area contributed by atoms with E-state index in [2.05, 4.69) is 0 Å². The van der Waals surface area contributed by atoms with Gasteiger partial charge < -0.3 is 9.53 Å². The van der Waals surface area contributed by atoms with E-state index in [0.29, 0.717) is 18.4 Å². The SMILES string of the molecule is CC(=O)C(CC(=O)c1ccccc1C)C(=O)OC(C)(C)C.CC(=O)CCC(=O)c1ccccc1C. The smallest absolute Gasteiger partial charge is 0.317 e. The van der Waals surface area contributed by atoms with Crippen LogP contribution in [-0.2, 0) is 19.1 Å². The Bertz CT molecular complexity index is 1070. The third kappa shape index (κ3) is 10.6. The van der Waals surface area contributed by atoms with Crippen molar-refractivity contribution < 1.29 is 28.7 Å². The number of ketones is 4. The van der Waals surface area contributed by atoms with Crippen LogP contribution in [0.25, 0.3) is 0 Å². The van der Waals surface area contributed by atoms with Crippen LogP contribution in [-0.4, -0.2) is 34.7 Å². The van der Waals surface area contributed by atoms with Crippen molar-refractivity contribution in [3.63, 3.8) is 0 Å². The lowest BCUT2D eigenvalue weighted by atomic mass is 9.93. The summed E-state index contributed by atoms with van der Waals surface area (Å²) in [6.07, 6.45) is 0.502. The molecule has 35 heavy (non-hydrogen) atoms. The quantitative estimate of drug-likeness (QED) is 0.261. The normalized spacial score (nSPS) is 11.5. The monoisotopic (exact) mass is 480 g/mol. The van der Waals surface area contributed by atoms with Gasteiger partial charge in [-0.15, -0.1) is 0 Å². The van der Waals surface area contributed by atoms with E-state index in [4.69, 9.17) is 4.74 Å². The first-order valence-corrected chi connectivity index (χ1v) is 11.6. The van der Waals surface area contributed by atoms with Crippen LogP contribution in [0.5, 0.6) is 0 Å². The molecule has 0 heterocycles. The molecule has 0 N–H and O–H groups in total. The summed E-state index contributed by atoms with van der Waals surface area (Å²) in [6.45, 7) is 11.7. The first-order chi connectivity index (χ1) is 16.2. The number of hydrogen-bond donors (Lipinski definition) is 0. The summed E-state index contributed by atoms with van der Waals surface area (Å²) >= 11 is 0. The minimum atomic E-state index is -1.05. The summed E-state index contributed by atoms with van der Waals surface area (Å²) < 4.78 is 5.22. The van der Waals surface area contributed by atoms with Gasteiger partial charge >= 0.3 is 5.97 Å². The third-order valence-corrected chi connectivity index (χ3v) is 5.17. The number of hydrogen-bond acceptors (Lipinski definition) is 6. The number of Topliss-reactive ketones (excluding diaryl/α,β-unsaturated/α-hetero) is 4. The molecule has 1 unspecified atom stereocenters. The van der Waals surface area contributed by atoms with E-state index < -0.39 is 17.5 Å². The largest absolute Gasteiger partial charge is 0.459 e. The first-order valence-electron chi connectivity index (χ1n) is 11.6. The van der Waals surface area contributed by atoms with Crippen LogP contribution in [0.4, 0.5) is 0 Å². The van der Waals surface area contributed by atoms with Crippen molar-refractivity contribution in [3.05, 3.63) is 70.8 Å². The first kappa shape index (κ1) is 29.6. The predicted octanol–water partition coefficient (Wildman–Crippen LogP) is 5.66. The Hall–Kier alpha value is -3.41. The van der Waals surface area contributed by atoms with E-state index in [0.717, 1.165) is 16.7 Å². The van der Waals surface area contributed by atoms with E-state index in [9.17, 15) is 24.0 Å². The fourth-order valence-electron chi connectivity index (χ4n) is 3.26. The lowest BCUT2D eigenvalue weighted by Gasteiger charge is -2.22. The lowest BCUT2D eigenvalue weighted by Crippen LogP contribution is -2.33. The number of benzene rings is 2. The van der Waals surface area contributed by atoms with Gasteiger partial charge in [-0.05, 0) is 59.6 Å². The molecular weight excluding hydrogens is 444 g/mol. The van der Waals surface area contributed by atoms with Crippen molar-refractivity contribution in [2.45, 2.75) is 73.3 Å². The molecule has 6 nitrogen and oxygen atoms in total. The highest BCUT2D eigenvalue weighted by Crippen LogP contribution is 2.19. The maximum absolute atomic E-state index is 12.3. The maximum Gasteiger partial charge on any atom is 0.317 e. The van der Waals surface area contributed by atoms with Gasteiger partial charge in [-0.1, -0.05) is 48.5 Å². The summed E-state index contributed by atoms with van der Waals surface area (Å²) in [7, 11) is 0. The minimum Gasteiger partial charge on any atom is -0.459 e. The van der Waals surface area contributed by atoms with Gasteiger partial charge in [0.05, 0.1) is 0 Å². The van der Waals surface area contributed by atoms with E-state index >= 15 is 0 Å². The number of carbonyl (C=O) groups excluding carboxylic acids is 5. The Morgan fingerprint density at radius 2 is 1.20 bits per heavy atom. The highest BCUT2D eigenvalue weighted by molar-refractivity contribution is 6.06. The van der Waals surface area contributed by atoms with Crippen LogP contribution >= 0.6 is 0 Å². The van der Waals surface area contributed by atoms with Gasteiger partial charge in [-0.25, -0.2) is 0 Å². The zero-order valence-corrected chi connectivity index (χ0v) is 21.8. The Morgan fingerprint density at radius 3 is 1.60 bits per heavy atom. The number of carbonyl (C=O) groups is 5. The molecule has 0 aliphatic heterocycles. The molecule has 1 atom stereocenters. The number of rotatable bonds is 9. The molecule has 0 radical (unpaired) electrons. The Kier molecular flexibility index (Phi) is 11.4. The standard InChI is InChI=1S/C17H22O4.C12H14O2/c1-11-8-6-7-9-13(11)15(19)10-14(12(2)18)16(20)21-17(3,4)5;1-9-5-3-4-6-11(9)12(14)8-7-10(2)13/h6-9,14H,10H2,1-5H3;3-6H,7-8H2,1-2H3. The minimum absolute atomic E-state index is 0.0540. The summed E-state index contributed by atoms with van der Waals surface area (Å²) in [5.41, 5.74) is 2.38. The van der Waals surface area contributed by atoms with Crippen molar-refractivity contribution in [1.29, 1.82) is 0 Å². The van der Waals surface area contributed by atoms with Crippen LogP contribution in [0, 0.1) is 19.8 Å². The van der Waals surface area contributed by atoms with E-state index in [1.807, 2.05) is 44.2 Å². The number of esters is 1. The molecule has 0 bridgehead atoms. The van der Waals surface area contributed by atoms with Gasteiger partial charge in [0, 0.05) is 30.4 Å². The molecule has 0 aliphatic rings. The van der Waals surface area contributed by atoms with Crippen LogP contribution < -0.4 is 0 Å². The van der Waals surface area contributed by atoms with Crippen molar-refractivity contribution in [1.82, 2.24) is 0 Å². The van der Waals surface area contributed by atoms with Crippen LogP contribution in [0.1, 0.15) is 85.7 Å². The fourth-order valence-corrected chi connectivity index (χ4v) is 3.26. The summed E-state index contributed by atoms with van der Waals surface area (Å²) in [5.74, 6) is -2.15. The molecule has 0 amide bonds. The zero-order valence-electron chi connectivity index (χ0n) is 21.8. The summed E-state index contributed by atoms with van der Waals surface area (Å²) in [6, 6.07) is 14.6. The lowest BCUT2D eigenvalue weighted by molar-refractivity contribution is -0.161. The molecule has 0 saturated heterocycles. The Morgan fingerprint density at radius 1 is 0.743 bits per heavy atom. The molecule has 0 fully saturated rings. The molecule has 0 aliphatic carbocycles. The Balaban J connectivity index is 0.000000379. The molecule has 0 spiro atoms. The predicted molar refractivity (Wildman–Crippen MR) is 136 cm³/mol. The zero-order chi connectivity index (χ0) is 26.8. The maximum atomic E-state index is 12.3. The Labute approximate surface area is 208 Å². The molecule has 2 rings (SSSR count).